The van der Waals surface area contributed by atoms with Gasteiger partial charge in [-0.1, -0.05) is 25.8 Å². The van der Waals surface area contributed by atoms with E-state index in [1.54, 1.807) is 6.92 Å². The van der Waals surface area contributed by atoms with E-state index < -0.39 is 97.3 Å². The molecular formula is C33H41N3O10S2. The average molecular weight is 716 g/mol. The number of nitrogens with zero attached hydrogens (tertiary/aromatic N) is 2. The van der Waals surface area contributed by atoms with E-state index >= 15 is 0 Å². The lowest BCUT2D eigenvalue weighted by atomic mass is 10.0. The molecule has 48 heavy (non-hydrogen) atoms. The fourth-order valence-corrected chi connectivity index (χ4v) is 7.18. The van der Waals surface area contributed by atoms with E-state index in [4.69, 9.17) is 44.9 Å². The van der Waals surface area contributed by atoms with Crippen molar-refractivity contribution < 1.29 is 63.2 Å². The van der Waals surface area contributed by atoms with Gasteiger partial charge >= 0.3 is 6.09 Å². The van der Waals surface area contributed by atoms with Crippen molar-refractivity contribution in [1.82, 2.24) is 14.6 Å². The molecule has 0 spiro atoms. The lowest BCUT2D eigenvalue weighted by molar-refractivity contribution is -0.0907. The molecule has 5 atom stereocenters. The van der Waals surface area contributed by atoms with Gasteiger partial charge in [0.05, 0.1) is 53.7 Å². The van der Waals surface area contributed by atoms with Crippen LogP contribution in [0.1, 0.15) is 52.8 Å². The first kappa shape index (κ1) is 22.3. The smallest absolute Gasteiger partial charge is 0.407 e. The van der Waals surface area contributed by atoms with Crippen LogP contribution in [0.25, 0.3) is 0 Å². The minimum Gasteiger partial charge on any atom is -0.487 e. The number of carbonyl (C=O) groups excluding carboxylic acids is 1. The zero-order valence-electron chi connectivity index (χ0n) is 37.5. The van der Waals surface area contributed by atoms with Crippen molar-refractivity contribution in [2.24, 2.45) is 11.8 Å². The molecule has 3 aliphatic heterocycles. The van der Waals surface area contributed by atoms with Crippen LogP contribution in [-0.4, -0.2) is 86.5 Å². The van der Waals surface area contributed by atoms with Gasteiger partial charge in [0, 0.05) is 34.1 Å². The van der Waals surface area contributed by atoms with Crippen molar-refractivity contribution in [1.29, 1.82) is 0 Å². The van der Waals surface area contributed by atoms with Crippen molar-refractivity contribution in [2.75, 3.05) is 33.0 Å². The number of benzene rings is 2. The van der Waals surface area contributed by atoms with Crippen LogP contribution >= 0.6 is 11.3 Å². The van der Waals surface area contributed by atoms with Crippen molar-refractivity contribution in [3.8, 4) is 17.2 Å². The lowest BCUT2D eigenvalue weighted by Crippen LogP contribution is -2.51. The Labute approximate surface area is 301 Å². The van der Waals surface area contributed by atoms with E-state index in [-0.39, 0.29) is 49.2 Å². The van der Waals surface area contributed by atoms with Gasteiger partial charge in [0.2, 0.25) is 16.8 Å². The van der Waals surface area contributed by atoms with Crippen LogP contribution in [0.3, 0.4) is 0 Å². The highest BCUT2D eigenvalue weighted by molar-refractivity contribution is 7.89. The van der Waals surface area contributed by atoms with Crippen LogP contribution in [0.2, 0.25) is 0 Å². The molecule has 15 heteroatoms. The van der Waals surface area contributed by atoms with Crippen molar-refractivity contribution >= 4 is 27.5 Å². The molecule has 0 saturated carbocycles. The highest BCUT2D eigenvalue weighted by atomic mass is 32.2. The van der Waals surface area contributed by atoms with Crippen LogP contribution in [0, 0.1) is 18.7 Å². The van der Waals surface area contributed by atoms with E-state index in [1.807, 2.05) is 0 Å². The summed E-state index contributed by atoms with van der Waals surface area (Å²) in [5.74, 6) is -4.30. The molecule has 1 amide bonds. The molecule has 0 unspecified atom stereocenters. The van der Waals surface area contributed by atoms with Gasteiger partial charge in [-0.05, 0) is 55.5 Å². The Bertz CT molecular complexity index is 2150. The first-order chi connectivity index (χ1) is 27.7. The third kappa shape index (κ3) is 8.21. The number of rotatable bonds is 14. The first-order valence-corrected chi connectivity index (χ1v) is 17.1. The Balaban J connectivity index is 1.33. The highest BCUT2D eigenvalue weighted by Gasteiger charge is 2.44. The minimum atomic E-state index is -5.00. The van der Waals surface area contributed by atoms with E-state index in [1.165, 1.54) is 47.0 Å². The van der Waals surface area contributed by atoms with Crippen molar-refractivity contribution in [3.63, 3.8) is 0 Å². The Morgan fingerprint density at radius 1 is 1.25 bits per heavy atom. The number of aliphatic hydroxyl groups is 1. The van der Waals surface area contributed by atoms with Gasteiger partial charge in [0.15, 0.2) is 17.8 Å². The maximum atomic E-state index is 14.3. The number of aromatic nitrogens is 1. The Morgan fingerprint density at radius 3 is 2.83 bits per heavy atom. The molecule has 0 bridgehead atoms. The summed E-state index contributed by atoms with van der Waals surface area (Å²) in [5, 5.41) is 16.3. The number of hydrogen-bond acceptors (Lipinski definition) is 12. The molecule has 260 valence electrons. The largest absolute Gasteiger partial charge is 0.487 e. The molecule has 2 fully saturated rings. The number of carbonyl (C=O) groups is 1. The van der Waals surface area contributed by atoms with Crippen LogP contribution in [0.5, 0.6) is 17.2 Å². The Hall–Kier alpha value is -3.47. The summed E-state index contributed by atoms with van der Waals surface area (Å²) < 4.78 is 159. The maximum absolute atomic E-state index is 14.3. The summed E-state index contributed by atoms with van der Waals surface area (Å²) in [6.45, 7) is -13.5. The first-order valence-electron chi connectivity index (χ1n) is 20.7. The molecule has 13 nitrogen and oxygen atoms in total. The van der Waals surface area contributed by atoms with E-state index in [0.29, 0.717) is 14.9 Å². The van der Waals surface area contributed by atoms with Crippen LogP contribution in [0.4, 0.5) is 4.79 Å². The summed E-state index contributed by atoms with van der Waals surface area (Å²) in [7, 11) is -5.00. The second kappa shape index (κ2) is 15.0. The van der Waals surface area contributed by atoms with E-state index in [2.05, 4.69) is 10.3 Å². The number of ether oxygens (including phenoxy) is 6. The topological polar surface area (TPSA) is 155 Å². The number of sulfonamides is 1. The predicted octanol–water partition coefficient (Wildman–Crippen LogP) is 3.87. The third-order valence-corrected chi connectivity index (χ3v) is 10.2. The molecular weight excluding hydrogens is 663 g/mol. The second-order valence-electron chi connectivity index (χ2n) is 11.0. The molecule has 3 aromatic rings. The second-order valence-corrected chi connectivity index (χ2v) is 14.0. The molecule has 2 saturated heterocycles. The van der Waals surface area contributed by atoms with E-state index in [9.17, 15) is 18.3 Å². The molecule has 2 aromatic carbocycles. The fourth-order valence-electron chi connectivity index (χ4n) is 5.20. The minimum absolute atomic E-state index is 0.0141. The SMILES string of the molecule is [2H]C([2H])(Oc1ccc(C[C@H](NC(=O)O[C@]2([2H])[C@@H]3CCO[C@@H]3OC2([2H])[2H])[C@H](O)CN(CC([2H])(C([2H])([2H])[2H])C([2H])([2H])[2H])S(=O)(=O)c2ccc3c(c2)OCO3)cc1)c1csc(C)n1. The Kier molecular flexibility index (Phi) is 6.95. The molecule has 1 aromatic heterocycles. The highest BCUT2D eigenvalue weighted by Crippen LogP contribution is 2.35. The van der Waals surface area contributed by atoms with Crippen LogP contribution in [0.15, 0.2) is 52.7 Å². The number of thiazole rings is 1. The Morgan fingerprint density at radius 2 is 2.06 bits per heavy atom. The number of hydrogen-bond donors (Lipinski definition) is 2. The molecule has 6 rings (SSSR count). The lowest BCUT2D eigenvalue weighted by Gasteiger charge is -2.31. The van der Waals surface area contributed by atoms with Crippen molar-refractivity contribution in [2.45, 2.75) is 69.4 Å². The van der Waals surface area contributed by atoms with Gasteiger partial charge in [0.1, 0.15) is 18.4 Å². The number of fused-ring (bicyclic) bond motifs is 2. The zero-order valence-corrected chi connectivity index (χ0v) is 27.1. The van der Waals surface area contributed by atoms with Gasteiger partial charge in [-0.15, -0.1) is 11.3 Å². The number of alkyl carbamates (subject to hydrolysis) is 1. The van der Waals surface area contributed by atoms with Gasteiger partial charge in [-0.25, -0.2) is 18.2 Å². The molecule has 4 heterocycles. The van der Waals surface area contributed by atoms with Gasteiger partial charge in [-0.2, -0.15) is 4.31 Å². The quantitative estimate of drug-likeness (QED) is 0.250. The van der Waals surface area contributed by atoms with Gasteiger partial charge in [0.25, 0.3) is 0 Å². The summed E-state index contributed by atoms with van der Waals surface area (Å²) in [5.41, 5.74) is 0.347. The normalized spacial score (nSPS) is 28.6. The summed E-state index contributed by atoms with van der Waals surface area (Å²) in [6.07, 6.45) is -7.64. The van der Waals surface area contributed by atoms with E-state index in [0.717, 1.165) is 12.1 Å². The molecule has 0 radical (unpaired) electrons. The number of nitrogens with one attached hydrogen (secondary N) is 1. The molecule has 3 aliphatic rings. The summed E-state index contributed by atoms with van der Waals surface area (Å²) >= 11 is 1.22. The zero-order chi connectivity index (χ0) is 44.3. The number of amides is 1. The van der Waals surface area contributed by atoms with Gasteiger partial charge in [-0.3, -0.25) is 0 Å². The maximum Gasteiger partial charge on any atom is 0.407 e. The molecule has 2 N–H and O–H groups in total. The average Bonchev–Trinajstić information content (AvgIpc) is 3.94. The number of aryl methyl sites for hydroxylation is 1. The third-order valence-electron chi connectivity index (χ3n) is 7.60. The summed E-state index contributed by atoms with van der Waals surface area (Å²) in [6, 6.07) is 7.33. The molecule has 0 aliphatic carbocycles. The standard InChI is InChI=1S/C33H41N3O10S2/c1-20(2)14-36(48(39,40)25-8-9-29-30(13-25)45-19-44-29)15-28(37)27(35-33(38)46-31-17-43-32-26(31)10-11-41-32)12-22-4-6-24(7-5-22)42-16-23-18-47-21(3)34-23/h4-9,13,18,20,26-28,31-32,37H,10-12,14-17,19H2,1-3H3,(H,35,38)/t26-,27-,28+,31-,32+/m0/s1/i1D3,2D3,16D2,17D2,20D,31D. The monoisotopic (exact) mass is 715 g/mol. The predicted molar refractivity (Wildman–Crippen MR) is 174 cm³/mol. The fraction of sp³-hybridized carbons (Fsp3) is 0.515. The summed E-state index contributed by atoms with van der Waals surface area (Å²) in [4.78, 5) is 17.2. The van der Waals surface area contributed by atoms with Crippen LogP contribution < -0.4 is 19.5 Å². The number of aliphatic hydroxyl groups excluding tert-OH is 1. The van der Waals surface area contributed by atoms with Crippen molar-refractivity contribution in [3.05, 3.63) is 64.1 Å². The van der Waals surface area contributed by atoms with Crippen LogP contribution in [-0.2, 0) is 37.2 Å². The van der Waals surface area contributed by atoms with Gasteiger partial charge < -0.3 is 38.8 Å².